The minimum absolute atomic E-state index is 0.0278. The number of nitriles is 1. The van der Waals surface area contributed by atoms with Gasteiger partial charge in [0.2, 0.25) is 15.9 Å². The zero-order valence-corrected chi connectivity index (χ0v) is 19.9. The fourth-order valence-electron chi connectivity index (χ4n) is 4.68. The zero-order chi connectivity index (χ0) is 23.9. The van der Waals surface area contributed by atoms with Crippen molar-refractivity contribution >= 4 is 32.3 Å². The molecular formula is C25H22FN3O3S2. The lowest BCUT2D eigenvalue weighted by molar-refractivity contribution is -0.120. The van der Waals surface area contributed by atoms with E-state index in [4.69, 9.17) is 0 Å². The highest BCUT2D eigenvalue weighted by Crippen LogP contribution is 2.38. The van der Waals surface area contributed by atoms with Crippen molar-refractivity contribution in [2.24, 2.45) is 0 Å². The topological polar surface area (TPSA) is 90.3 Å². The van der Waals surface area contributed by atoms with E-state index in [0.717, 1.165) is 59.4 Å². The average Bonchev–Trinajstić information content (AvgIpc) is 3.20. The van der Waals surface area contributed by atoms with Crippen LogP contribution >= 0.6 is 11.3 Å². The van der Waals surface area contributed by atoms with E-state index in [0.29, 0.717) is 10.6 Å². The van der Waals surface area contributed by atoms with Crippen molar-refractivity contribution in [3.63, 3.8) is 0 Å². The number of thiophene rings is 1. The van der Waals surface area contributed by atoms with E-state index in [2.05, 4.69) is 11.4 Å². The van der Waals surface area contributed by atoms with Gasteiger partial charge in [0.1, 0.15) is 22.9 Å². The third kappa shape index (κ3) is 4.02. The van der Waals surface area contributed by atoms with Crippen LogP contribution in [0.25, 0.3) is 0 Å². The van der Waals surface area contributed by atoms with Crippen molar-refractivity contribution in [3.05, 3.63) is 81.5 Å². The maximum atomic E-state index is 13.5. The number of halogens is 1. The Hall–Kier alpha value is -3.06. The summed E-state index contributed by atoms with van der Waals surface area (Å²) in [6, 6.07) is 13.3. The number of benzene rings is 2. The lowest BCUT2D eigenvalue weighted by Gasteiger charge is -2.35. The first-order chi connectivity index (χ1) is 16.4. The number of hydrogen-bond donors (Lipinski definition) is 1. The second-order valence-corrected chi connectivity index (χ2v) is 11.5. The lowest BCUT2D eigenvalue weighted by atomic mass is 9.95. The van der Waals surface area contributed by atoms with Crippen LogP contribution in [0.4, 0.5) is 9.39 Å². The molecule has 0 fully saturated rings. The molecule has 0 bridgehead atoms. The van der Waals surface area contributed by atoms with Gasteiger partial charge in [-0.2, -0.15) is 9.57 Å². The van der Waals surface area contributed by atoms with Crippen molar-refractivity contribution < 1.29 is 17.6 Å². The molecule has 1 aliphatic heterocycles. The van der Waals surface area contributed by atoms with Crippen LogP contribution in [-0.2, 0) is 40.6 Å². The first-order valence-corrected chi connectivity index (χ1v) is 13.3. The van der Waals surface area contributed by atoms with Crippen LogP contribution in [0.5, 0.6) is 0 Å². The van der Waals surface area contributed by atoms with Gasteiger partial charge < -0.3 is 5.32 Å². The van der Waals surface area contributed by atoms with Crippen molar-refractivity contribution in [3.8, 4) is 6.07 Å². The van der Waals surface area contributed by atoms with E-state index >= 15 is 0 Å². The molecule has 1 aromatic heterocycles. The van der Waals surface area contributed by atoms with Crippen LogP contribution in [0.1, 0.15) is 40.0 Å². The monoisotopic (exact) mass is 495 g/mol. The predicted octanol–water partition coefficient (Wildman–Crippen LogP) is 4.39. The van der Waals surface area contributed by atoms with Crippen LogP contribution in [0.2, 0.25) is 0 Å². The van der Waals surface area contributed by atoms with E-state index in [1.165, 1.54) is 27.8 Å². The Kier molecular flexibility index (Phi) is 5.98. The molecule has 5 rings (SSSR count). The van der Waals surface area contributed by atoms with Gasteiger partial charge in [-0.05, 0) is 73.1 Å². The summed E-state index contributed by atoms with van der Waals surface area (Å²) in [5.74, 6) is -1.02. The van der Waals surface area contributed by atoms with E-state index in [1.54, 1.807) is 0 Å². The molecule has 0 saturated carbocycles. The summed E-state index contributed by atoms with van der Waals surface area (Å²) in [6.45, 7) is 0.0278. The molecule has 1 atom stereocenters. The number of sulfonamides is 1. The average molecular weight is 496 g/mol. The number of fused-ring (bicyclic) bond motifs is 2. The molecule has 34 heavy (non-hydrogen) atoms. The van der Waals surface area contributed by atoms with Crippen LogP contribution in [0.3, 0.4) is 0 Å². The highest BCUT2D eigenvalue weighted by Gasteiger charge is 2.40. The largest absolute Gasteiger partial charge is 0.315 e. The Morgan fingerprint density at radius 3 is 2.53 bits per heavy atom. The summed E-state index contributed by atoms with van der Waals surface area (Å²) in [5, 5.41) is 13.1. The third-order valence-corrected chi connectivity index (χ3v) is 9.52. The van der Waals surface area contributed by atoms with Gasteiger partial charge in [0.15, 0.2) is 0 Å². The van der Waals surface area contributed by atoms with Crippen LogP contribution in [-0.4, -0.2) is 24.7 Å². The van der Waals surface area contributed by atoms with Crippen LogP contribution in [0.15, 0.2) is 53.4 Å². The van der Waals surface area contributed by atoms with E-state index in [-0.39, 0.29) is 17.9 Å². The first kappa shape index (κ1) is 22.7. The smallest absolute Gasteiger partial charge is 0.244 e. The molecule has 174 valence electrons. The summed E-state index contributed by atoms with van der Waals surface area (Å²) >= 11 is 1.41. The normalized spacial score (nSPS) is 17.9. The molecule has 3 aromatic rings. The van der Waals surface area contributed by atoms with E-state index in [1.807, 2.05) is 24.3 Å². The van der Waals surface area contributed by atoms with Crippen molar-refractivity contribution in [2.75, 3.05) is 5.32 Å². The number of carbonyl (C=O) groups excluding carboxylic acids is 1. The fourth-order valence-corrected chi connectivity index (χ4v) is 7.49. The number of hydrogen-bond acceptors (Lipinski definition) is 5. The number of aryl methyl sites for hydroxylation is 1. The molecule has 2 aliphatic rings. The number of carbonyl (C=O) groups is 1. The predicted molar refractivity (Wildman–Crippen MR) is 127 cm³/mol. The minimum atomic E-state index is -4.08. The Labute approximate surface area is 201 Å². The maximum absolute atomic E-state index is 13.5. The molecule has 0 radical (unpaired) electrons. The van der Waals surface area contributed by atoms with Gasteiger partial charge >= 0.3 is 0 Å². The van der Waals surface area contributed by atoms with Gasteiger partial charge in [-0.1, -0.05) is 24.3 Å². The molecule has 1 unspecified atom stereocenters. The summed E-state index contributed by atoms with van der Waals surface area (Å²) in [7, 11) is -4.08. The van der Waals surface area contributed by atoms with Gasteiger partial charge in [-0.25, -0.2) is 12.8 Å². The highest BCUT2D eigenvalue weighted by atomic mass is 32.2. The highest BCUT2D eigenvalue weighted by molar-refractivity contribution is 7.89. The number of nitrogens with zero attached hydrogens (tertiary/aromatic N) is 2. The van der Waals surface area contributed by atoms with Gasteiger partial charge in [0, 0.05) is 11.4 Å². The minimum Gasteiger partial charge on any atom is -0.315 e. The van der Waals surface area contributed by atoms with Gasteiger partial charge in [-0.3, -0.25) is 4.79 Å². The lowest BCUT2D eigenvalue weighted by Crippen LogP contribution is -2.50. The van der Waals surface area contributed by atoms with Crippen molar-refractivity contribution in [1.82, 2.24) is 4.31 Å². The molecule has 1 aliphatic carbocycles. The molecule has 0 spiro atoms. The second-order valence-electron chi connectivity index (χ2n) is 8.51. The van der Waals surface area contributed by atoms with Gasteiger partial charge in [0.05, 0.1) is 10.5 Å². The Balaban J connectivity index is 1.51. The van der Waals surface area contributed by atoms with Crippen molar-refractivity contribution in [2.45, 2.75) is 49.6 Å². The van der Waals surface area contributed by atoms with E-state index in [9.17, 15) is 22.9 Å². The number of amides is 1. The number of rotatable bonds is 4. The number of nitrogens with one attached hydrogen (secondary N) is 1. The third-order valence-electron chi connectivity index (χ3n) is 6.45. The quantitative estimate of drug-likeness (QED) is 0.581. The molecule has 0 saturated heterocycles. The molecule has 1 amide bonds. The number of anilines is 1. The van der Waals surface area contributed by atoms with Gasteiger partial charge in [0.25, 0.3) is 0 Å². The standard InChI is InChI=1S/C25H22FN3O3S2/c26-18-9-11-19(12-10-18)34(31,32)29-15-17-6-2-1-5-16(17)13-22(29)24(30)28-25-21(14-27)20-7-3-4-8-23(20)33-25/h1-2,5-6,9-12,22H,3-4,7-8,13,15H2,(H,28,30). The molecule has 2 heterocycles. The summed E-state index contributed by atoms with van der Waals surface area (Å²) in [5.41, 5.74) is 3.21. The van der Waals surface area contributed by atoms with Gasteiger partial charge in [-0.15, -0.1) is 11.3 Å². The Morgan fingerprint density at radius 2 is 1.79 bits per heavy atom. The molecule has 2 aromatic carbocycles. The summed E-state index contributed by atoms with van der Waals surface area (Å²) in [4.78, 5) is 14.6. The second kappa shape index (κ2) is 8.95. The Bertz CT molecular complexity index is 1410. The molecule has 9 heteroatoms. The maximum Gasteiger partial charge on any atom is 0.244 e. The van der Waals surface area contributed by atoms with Crippen LogP contribution < -0.4 is 5.32 Å². The van der Waals surface area contributed by atoms with Crippen LogP contribution in [0, 0.1) is 17.1 Å². The first-order valence-electron chi connectivity index (χ1n) is 11.1. The SMILES string of the molecule is N#Cc1c(NC(=O)C2Cc3ccccc3CN2S(=O)(=O)c2ccc(F)cc2)sc2c1CCCC2. The van der Waals surface area contributed by atoms with Crippen molar-refractivity contribution in [1.29, 1.82) is 5.26 Å². The summed E-state index contributed by atoms with van der Waals surface area (Å²) < 4.78 is 41.7. The summed E-state index contributed by atoms with van der Waals surface area (Å²) in [6.07, 6.45) is 3.96. The molecule has 6 nitrogen and oxygen atoms in total. The molecule has 1 N–H and O–H groups in total. The van der Waals surface area contributed by atoms with E-state index < -0.39 is 27.8 Å². The zero-order valence-electron chi connectivity index (χ0n) is 18.3. The fraction of sp³-hybridized carbons (Fsp3) is 0.280. The molecular weight excluding hydrogens is 473 g/mol. The Morgan fingerprint density at radius 1 is 1.09 bits per heavy atom.